The Morgan fingerprint density at radius 3 is 2.55 bits per heavy atom. The maximum absolute atomic E-state index is 13.2. The maximum atomic E-state index is 13.2. The Morgan fingerprint density at radius 2 is 1.88 bits per heavy atom. The van der Waals surface area contributed by atoms with E-state index in [1.165, 1.54) is 16.4 Å². The zero-order chi connectivity index (χ0) is 28.5. The number of nitrogens with zero attached hydrogens (tertiary/aromatic N) is 3. The number of hydrogen-bond donors (Lipinski definition) is 2. The Hall–Kier alpha value is -3.35. The molecule has 0 aromatic heterocycles. The van der Waals surface area contributed by atoms with Crippen LogP contribution >= 0.6 is 0 Å². The molecule has 2 aromatic carbocycles. The van der Waals surface area contributed by atoms with Gasteiger partial charge in [0.25, 0.3) is 11.8 Å². The molecule has 5 rings (SSSR count). The average Bonchev–Trinajstić information content (AvgIpc) is 3.27. The van der Waals surface area contributed by atoms with E-state index in [2.05, 4.69) is 15.3 Å². The molecule has 12 heteroatoms. The number of halogens is 1. The minimum Gasteiger partial charge on any atom is -0.393 e. The van der Waals surface area contributed by atoms with Crippen LogP contribution in [-0.4, -0.2) is 84.0 Å². The minimum atomic E-state index is -3.59. The van der Waals surface area contributed by atoms with Crippen molar-refractivity contribution in [3.8, 4) is 5.75 Å². The van der Waals surface area contributed by atoms with E-state index in [0.717, 1.165) is 11.1 Å². The van der Waals surface area contributed by atoms with Crippen molar-refractivity contribution in [2.45, 2.75) is 50.7 Å². The summed E-state index contributed by atoms with van der Waals surface area (Å²) in [6, 6.07) is 11.5. The van der Waals surface area contributed by atoms with Crippen LogP contribution in [0.3, 0.4) is 0 Å². The zero-order valence-corrected chi connectivity index (χ0v) is 23.1. The fourth-order valence-electron chi connectivity index (χ4n) is 5.55. The van der Waals surface area contributed by atoms with Crippen LogP contribution in [0.5, 0.6) is 5.75 Å². The largest absolute Gasteiger partial charge is 0.393 e. The predicted octanol–water partition coefficient (Wildman–Crippen LogP) is 2.14. The van der Waals surface area contributed by atoms with Crippen LogP contribution in [0.1, 0.15) is 52.7 Å². The normalized spacial score (nSPS) is 19.9. The minimum absolute atomic E-state index is 0.00414. The van der Waals surface area contributed by atoms with E-state index in [1.807, 2.05) is 13.0 Å². The van der Waals surface area contributed by atoms with Gasteiger partial charge in [0.05, 0.1) is 11.9 Å². The van der Waals surface area contributed by atoms with E-state index in [1.54, 1.807) is 29.2 Å². The van der Waals surface area contributed by atoms with Crippen LogP contribution < -0.4 is 10.3 Å². The summed E-state index contributed by atoms with van der Waals surface area (Å²) in [5.41, 5.74) is 1.71. The molecule has 0 atom stereocenters. The molecular weight excluding hydrogens is 539 g/mol. The summed E-state index contributed by atoms with van der Waals surface area (Å²) < 4.78 is 40.4. The van der Waals surface area contributed by atoms with Crippen molar-refractivity contribution in [1.29, 1.82) is 0 Å². The van der Waals surface area contributed by atoms with Crippen LogP contribution in [0.15, 0.2) is 47.5 Å². The second kappa shape index (κ2) is 11.3. The van der Waals surface area contributed by atoms with Gasteiger partial charge in [0.1, 0.15) is 11.4 Å². The summed E-state index contributed by atoms with van der Waals surface area (Å²) in [6.07, 6.45) is 1.56. The third kappa shape index (κ3) is 5.74. The molecule has 2 aromatic rings. The first-order chi connectivity index (χ1) is 19.1. The van der Waals surface area contributed by atoms with Crippen molar-refractivity contribution in [3.63, 3.8) is 0 Å². The van der Waals surface area contributed by atoms with E-state index in [4.69, 9.17) is 0 Å². The molecule has 40 heavy (non-hydrogen) atoms. The lowest BCUT2D eigenvalue weighted by atomic mass is 9.89. The number of hydrogen-bond acceptors (Lipinski definition) is 7. The van der Waals surface area contributed by atoms with E-state index in [0.29, 0.717) is 49.3 Å². The van der Waals surface area contributed by atoms with Crippen LogP contribution in [0.25, 0.3) is 0 Å². The lowest BCUT2D eigenvalue weighted by molar-refractivity contribution is -0.124. The Bertz CT molecular complexity index is 1430. The zero-order valence-electron chi connectivity index (χ0n) is 22.3. The number of aliphatic hydroxyl groups excluding tert-OH is 1. The molecule has 2 saturated heterocycles. The third-order valence-electron chi connectivity index (χ3n) is 8.09. The highest BCUT2D eigenvalue weighted by Gasteiger charge is 2.47. The van der Waals surface area contributed by atoms with Gasteiger partial charge in [0, 0.05) is 41.8 Å². The first-order valence-electron chi connectivity index (χ1n) is 13.5. The van der Waals surface area contributed by atoms with Gasteiger partial charge in [-0.25, -0.2) is 12.7 Å². The van der Waals surface area contributed by atoms with Gasteiger partial charge in [0.2, 0.25) is 10.0 Å². The van der Waals surface area contributed by atoms with Gasteiger partial charge in [-0.05, 0) is 74.4 Å². The topological polar surface area (TPSA) is 129 Å². The van der Waals surface area contributed by atoms with Crippen LogP contribution in [0.2, 0.25) is 0 Å². The summed E-state index contributed by atoms with van der Waals surface area (Å²) in [5, 5.41) is 12.4. The highest BCUT2D eigenvalue weighted by atomic mass is 32.2. The molecule has 0 aliphatic carbocycles. The molecule has 0 radical (unpaired) electrons. The molecule has 3 heterocycles. The molecule has 214 valence electrons. The molecule has 0 bridgehead atoms. The Balaban J connectivity index is 1.19. The smallest absolute Gasteiger partial charge is 0.253 e. The number of likely N-dealkylation sites (tertiary alicyclic amines) is 1. The monoisotopic (exact) mass is 572 g/mol. The summed E-state index contributed by atoms with van der Waals surface area (Å²) in [6.45, 7) is 3.23. The third-order valence-corrected chi connectivity index (χ3v) is 9.96. The van der Waals surface area contributed by atoms with Gasteiger partial charge < -0.3 is 15.3 Å². The van der Waals surface area contributed by atoms with Crippen LogP contribution in [0, 0.1) is 6.92 Å². The van der Waals surface area contributed by atoms with Gasteiger partial charge in [-0.3, -0.25) is 19.5 Å². The van der Waals surface area contributed by atoms with Crippen molar-refractivity contribution in [1.82, 2.24) is 14.5 Å². The number of aliphatic hydroxyl groups is 1. The van der Waals surface area contributed by atoms with Gasteiger partial charge in [-0.2, -0.15) is 0 Å². The number of aryl methyl sites for hydroxylation is 2. The first kappa shape index (κ1) is 28.2. The highest BCUT2D eigenvalue weighted by molar-refractivity contribution is 7.89. The first-order valence-corrected chi connectivity index (χ1v) is 15.1. The number of aliphatic imine (C=N–C) groups is 1. The number of piperidine rings is 2. The molecule has 2 N–H and O–H groups in total. The van der Waals surface area contributed by atoms with Gasteiger partial charge >= 0.3 is 0 Å². The molecule has 3 aliphatic rings. The van der Waals surface area contributed by atoms with Crippen molar-refractivity contribution in [3.05, 3.63) is 64.7 Å². The van der Waals surface area contributed by atoms with Crippen LogP contribution in [0.4, 0.5) is 4.53 Å². The molecule has 2 fully saturated rings. The number of carbonyl (C=O) groups excluding carboxylic acids is 2. The molecule has 10 nitrogen and oxygen atoms in total. The van der Waals surface area contributed by atoms with Gasteiger partial charge in [-0.15, -0.1) is 0 Å². The van der Waals surface area contributed by atoms with E-state index >= 15 is 0 Å². The number of amides is 2. The Morgan fingerprint density at radius 1 is 1.15 bits per heavy atom. The Labute approximate surface area is 232 Å². The number of carbonyl (C=O) groups is 2. The van der Waals surface area contributed by atoms with Crippen molar-refractivity contribution in [2.24, 2.45) is 4.99 Å². The second-order valence-electron chi connectivity index (χ2n) is 10.7. The van der Waals surface area contributed by atoms with Crippen LogP contribution in [-0.2, 0) is 21.2 Å². The summed E-state index contributed by atoms with van der Waals surface area (Å²) >= 11 is 0. The number of amidine groups is 1. The fourth-order valence-corrected chi connectivity index (χ4v) is 7.02. The Kier molecular flexibility index (Phi) is 7.94. The summed E-state index contributed by atoms with van der Waals surface area (Å²) in [5.74, 6) is -0.153. The van der Waals surface area contributed by atoms with E-state index in [9.17, 15) is 27.6 Å². The second-order valence-corrected chi connectivity index (χ2v) is 12.8. The van der Waals surface area contributed by atoms with Crippen molar-refractivity contribution >= 4 is 27.7 Å². The molecule has 0 unspecified atom stereocenters. The molecule has 1 spiro atoms. The summed E-state index contributed by atoms with van der Waals surface area (Å²) in [4.78, 5) is 35.8. The number of rotatable bonds is 7. The molecule has 3 aliphatic heterocycles. The quantitative estimate of drug-likeness (QED) is 0.523. The van der Waals surface area contributed by atoms with E-state index < -0.39 is 15.6 Å². The SMILES string of the molecule is Cc1cc(C(=O)N2CCC(O)CC2)ccc1CCS(=O)(=O)N1CCC2(CC1)N=C(c1cccc(OF)c1)NC2=O. The molecule has 0 saturated carbocycles. The molecule has 2 amide bonds. The highest BCUT2D eigenvalue weighted by Crippen LogP contribution is 2.32. The number of sulfonamides is 1. The average molecular weight is 573 g/mol. The van der Waals surface area contributed by atoms with Gasteiger partial charge in [0.15, 0.2) is 5.75 Å². The number of nitrogens with one attached hydrogen (secondary N) is 1. The van der Waals surface area contributed by atoms with E-state index in [-0.39, 0.29) is 55.4 Å². The lowest BCUT2D eigenvalue weighted by Gasteiger charge is -2.34. The maximum Gasteiger partial charge on any atom is 0.253 e. The standard InChI is InChI=1S/C28H33FN4O6S/c1-19-17-22(26(35)32-12-7-23(34)8-13-32)6-5-20(19)9-16-40(37,38)33-14-10-28(11-15-33)27(36)30-25(31-28)21-3-2-4-24(18-21)39-29/h2-6,17-18,23,34H,7-16H2,1H3,(H,30,31,36). The predicted molar refractivity (Wildman–Crippen MR) is 146 cm³/mol. The van der Waals surface area contributed by atoms with Crippen molar-refractivity contribution in [2.75, 3.05) is 31.9 Å². The van der Waals surface area contributed by atoms with Gasteiger partial charge in [-0.1, -0.05) is 18.2 Å². The lowest BCUT2D eigenvalue weighted by Crippen LogP contribution is -2.50. The molecular formula is C28H33FN4O6S. The van der Waals surface area contributed by atoms with Crippen molar-refractivity contribution < 1.29 is 32.6 Å². The fraction of sp³-hybridized carbons (Fsp3) is 0.464. The summed E-state index contributed by atoms with van der Waals surface area (Å²) in [7, 11) is -3.59. The number of benzene rings is 2.